The maximum atomic E-state index is 12.0. The summed E-state index contributed by atoms with van der Waals surface area (Å²) in [6.07, 6.45) is 4.06. The number of urea groups is 1. The van der Waals surface area contributed by atoms with Crippen LogP contribution in [0.4, 0.5) is 10.5 Å². The number of para-hydroxylation sites is 2. The van der Waals surface area contributed by atoms with Gasteiger partial charge in [0.05, 0.1) is 6.10 Å². The van der Waals surface area contributed by atoms with E-state index in [4.69, 9.17) is 4.74 Å². The molecule has 2 aromatic rings. The third kappa shape index (κ3) is 8.63. The molecule has 0 saturated heterocycles. The van der Waals surface area contributed by atoms with E-state index < -0.39 is 0 Å². The molecule has 4 heteroatoms. The summed E-state index contributed by atoms with van der Waals surface area (Å²) in [5, 5.41) is 5.91. The number of nitrogens with one attached hydrogen (secondary N) is 2. The zero-order valence-electron chi connectivity index (χ0n) is 17.1. The van der Waals surface area contributed by atoms with Gasteiger partial charge in [-0.25, -0.2) is 4.79 Å². The lowest BCUT2D eigenvalue weighted by Gasteiger charge is -2.29. The average Bonchev–Trinajstić information content (AvgIpc) is 2.74. The molecule has 0 unspecified atom stereocenters. The van der Waals surface area contributed by atoms with Crippen LogP contribution in [0.15, 0.2) is 60.7 Å². The minimum Gasteiger partial charge on any atom is -0.490 e. The van der Waals surface area contributed by atoms with Crippen LogP contribution in [0.1, 0.15) is 53.4 Å². The number of hydrogen-bond donors (Lipinski definition) is 2. The first-order valence-electron chi connectivity index (χ1n) is 10.1. The Balaban J connectivity index is 0.000000855. The second-order valence-corrected chi connectivity index (χ2v) is 5.87. The normalized spacial score (nSPS) is 17.9. The SMILES string of the molecule is CC.CC.O=C(Nc1ccccc1)NC1CCC(Oc2ccccc2)CC1. The van der Waals surface area contributed by atoms with Gasteiger partial charge in [-0.1, -0.05) is 64.1 Å². The van der Waals surface area contributed by atoms with Crippen molar-refractivity contribution >= 4 is 11.7 Å². The molecule has 0 radical (unpaired) electrons. The summed E-state index contributed by atoms with van der Waals surface area (Å²) >= 11 is 0. The first-order valence-corrected chi connectivity index (χ1v) is 10.1. The molecule has 0 atom stereocenters. The third-order valence-electron chi connectivity index (χ3n) is 4.09. The average molecular weight is 371 g/mol. The summed E-state index contributed by atoms with van der Waals surface area (Å²) in [5.41, 5.74) is 0.811. The molecule has 0 aliphatic heterocycles. The minimum absolute atomic E-state index is 0.136. The van der Waals surface area contributed by atoms with E-state index in [0.717, 1.165) is 37.1 Å². The largest absolute Gasteiger partial charge is 0.490 e. The Bertz CT molecular complexity index is 609. The Hall–Kier alpha value is -2.49. The van der Waals surface area contributed by atoms with Gasteiger partial charge in [-0.2, -0.15) is 0 Å². The van der Waals surface area contributed by atoms with Crippen molar-refractivity contribution in [2.45, 2.75) is 65.5 Å². The Kier molecular flexibility index (Phi) is 11.4. The lowest BCUT2D eigenvalue weighted by Crippen LogP contribution is -2.41. The van der Waals surface area contributed by atoms with E-state index in [1.807, 2.05) is 88.4 Å². The second kappa shape index (κ2) is 13.7. The molecule has 0 heterocycles. The van der Waals surface area contributed by atoms with Crippen LogP contribution in [0.5, 0.6) is 5.75 Å². The number of anilines is 1. The van der Waals surface area contributed by atoms with Crippen LogP contribution in [0.2, 0.25) is 0 Å². The molecule has 1 aliphatic carbocycles. The van der Waals surface area contributed by atoms with Crippen molar-refractivity contribution in [2.24, 2.45) is 0 Å². The van der Waals surface area contributed by atoms with Crippen LogP contribution < -0.4 is 15.4 Å². The highest BCUT2D eigenvalue weighted by molar-refractivity contribution is 5.89. The maximum absolute atomic E-state index is 12.0. The fraction of sp³-hybridized carbons (Fsp3) is 0.435. The smallest absolute Gasteiger partial charge is 0.319 e. The van der Waals surface area contributed by atoms with Gasteiger partial charge in [-0.3, -0.25) is 0 Å². The number of carbonyl (C=O) groups excluding carboxylic acids is 1. The van der Waals surface area contributed by atoms with Gasteiger partial charge in [-0.05, 0) is 49.9 Å². The van der Waals surface area contributed by atoms with Crippen LogP contribution in [0.3, 0.4) is 0 Å². The van der Waals surface area contributed by atoms with Crippen molar-refractivity contribution in [3.63, 3.8) is 0 Å². The summed E-state index contributed by atoms with van der Waals surface area (Å²) in [4.78, 5) is 12.0. The second-order valence-electron chi connectivity index (χ2n) is 5.87. The highest BCUT2D eigenvalue weighted by Gasteiger charge is 2.23. The molecule has 0 aromatic heterocycles. The van der Waals surface area contributed by atoms with E-state index in [0.29, 0.717) is 0 Å². The van der Waals surface area contributed by atoms with Gasteiger partial charge in [0.2, 0.25) is 0 Å². The van der Waals surface area contributed by atoms with E-state index in [-0.39, 0.29) is 18.2 Å². The molecular formula is C23H34N2O2. The molecule has 2 aromatic carbocycles. The van der Waals surface area contributed by atoms with Crippen molar-refractivity contribution in [2.75, 3.05) is 5.32 Å². The van der Waals surface area contributed by atoms with Gasteiger partial charge >= 0.3 is 6.03 Å². The van der Waals surface area contributed by atoms with E-state index >= 15 is 0 Å². The number of amides is 2. The summed E-state index contributed by atoms with van der Waals surface area (Å²) in [5.74, 6) is 0.922. The molecule has 27 heavy (non-hydrogen) atoms. The van der Waals surface area contributed by atoms with E-state index in [1.54, 1.807) is 0 Å². The van der Waals surface area contributed by atoms with Crippen molar-refractivity contribution in [1.29, 1.82) is 0 Å². The highest BCUT2D eigenvalue weighted by Crippen LogP contribution is 2.23. The Morgan fingerprint density at radius 1 is 0.815 bits per heavy atom. The van der Waals surface area contributed by atoms with Gasteiger partial charge in [-0.15, -0.1) is 0 Å². The molecular weight excluding hydrogens is 336 g/mol. The first kappa shape index (κ1) is 22.6. The van der Waals surface area contributed by atoms with Gasteiger partial charge in [0.15, 0.2) is 0 Å². The molecule has 2 amide bonds. The zero-order chi connectivity index (χ0) is 19.9. The fourth-order valence-electron chi connectivity index (χ4n) is 2.89. The van der Waals surface area contributed by atoms with Crippen LogP contribution in [0.25, 0.3) is 0 Å². The van der Waals surface area contributed by atoms with Gasteiger partial charge < -0.3 is 15.4 Å². The predicted octanol–water partition coefficient (Wildman–Crippen LogP) is 6.25. The highest BCUT2D eigenvalue weighted by atomic mass is 16.5. The Labute approximate surface area is 164 Å². The fourth-order valence-corrected chi connectivity index (χ4v) is 2.89. The van der Waals surface area contributed by atoms with Gasteiger partial charge in [0.1, 0.15) is 5.75 Å². The topological polar surface area (TPSA) is 50.4 Å². The molecule has 1 fully saturated rings. The van der Waals surface area contributed by atoms with E-state index in [2.05, 4.69) is 10.6 Å². The molecule has 148 valence electrons. The van der Waals surface area contributed by atoms with Crippen LogP contribution in [-0.4, -0.2) is 18.2 Å². The lowest BCUT2D eigenvalue weighted by atomic mass is 9.93. The molecule has 0 bridgehead atoms. The number of rotatable bonds is 4. The quantitative estimate of drug-likeness (QED) is 0.668. The lowest BCUT2D eigenvalue weighted by molar-refractivity contribution is 0.141. The van der Waals surface area contributed by atoms with E-state index in [9.17, 15) is 4.79 Å². The number of ether oxygens (including phenoxy) is 1. The predicted molar refractivity (Wildman–Crippen MR) is 114 cm³/mol. The Morgan fingerprint density at radius 2 is 1.33 bits per heavy atom. The van der Waals surface area contributed by atoms with E-state index in [1.165, 1.54) is 0 Å². The van der Waals surface area contributed by atoms with Crippen LogP contribution in [-0.2, 0) is 0 Å². The molecule has 3 rings (SSSR count). The third-order valence-corrected chi connectivity index (χ3v) is 4.09. The van der Waals surface area contributed by atoms with Gasteiger partial charge in [0.25, 0.3) is 0 Å². The van der Waals surface area contributed by atoms with Gasteiger partial charge in [0, 0.05) is 11.7 Å². The first-order chi connectivity index (χ1) is 13.3. The summed E-state index contributed by atoms with van der Waals surface area (Å²) < 4.78 is 5.98. The van der Waals surface area contributed by atoms with Crippen molar-refractivity contribution in [3.8, 4) is 5.75 Å². The molecule has 4 nitrogen and oxygen atoms in total. The number of carbonyl (C=O) groups is 1. The monoisotopic (exact) mass is 370 g/mol. The molecule has 1 saturated carbocycles. The zero-order valence-corrected chi connectivity index (χ0v) is 17.1. The Morgan fingerprint density at radius 3 is 1.89 bits per heavy atom. The molecule has 1 aliphatic rings. The summed E-state index contributed by atoms with van der Waals surface area (Å²) in [6.45, 7) is 8.00. The minimum atomic E-state index is -0.136. The van der Waals surface area contributed by atoms with Crippen molar-refractivity contribution < 1.29 is 9.53 Å². The summed E-state index contributed by atoms with van der Waals surface area (Å²) in [7, 11) is 0. The maximum Gasteiger partial charge on any atom is 0.319 e. The standard InChI is InChI=1S/C19H22N2O2.2C2H6/c22-19(20-15-7-3-1-4-8-15)21-16-11-13-18(14-12-16)23-17-9-5-2-6-10-17;2*1-2/h1-10,16,18H,11-14H2,(H2,20,21,22);2*1-2H3. The van der Waals surface area contributed by atoms with Crippen LogP contribution in [0, 0.1) is 0 Å². The molecule has 2 N–H and O–H groups in total. The number of benzene rings is 2. The molecule has 0 spiro atoms. The number of hydrogen-bond acceptors (Lipinski definition) is 2. The van der Waals surface area contributed by atoms with Crippen molar-refractivity contribution in [3.05, 3.63) is 60.7 Å². The van der Waals surface area contributed by atoms with Crippen LogP contribution >= 0.6 is 0 Å². The summed E-state index contributed by atoms with van der Waals surface area (Å²) in [6, 6.07) is 19.5. The van der Waals surface area contributed by atoms with Crippen molar-refractivity contribution in [1.82, 2.24) is 5.32 Å².